The molecule has 0 aromatic heterocycles. The van der Waals surface area contributed by atoms with Gasteiger partial charge in [-0.3, -0.25) is 0 Å². The number of hydrogen-bond acceptors (Lipinski definition) is 5. The predicted molar refractivity (Wildman–Crippen MR) is 93.6 cm³/mol. The van der Waals surface area contributed by atoms with Crippen molar-refractivity contribution in [2.24, 2.45) is 0 Å². The van der Waals surface area contributed by atoms with Crippen LogP contribution in [-0.4, -0.2) is 51.8 Å². The minimum Gasteiger partial charge on any atom is -0.478 e. The van der Waals surface area contributed by atoms with Gasteiger partial charge < -0.3 is 14.7 Å². The number of aromatic carboxylic acids is 1. The van der Waals surface area contributed by atoms with Gasteiger partial charge in [0.1, 0.15) is 4.90 Å². The van der Waals surface area contributed by atoms with Gasteiger partial charge in [0.05, 0.1) is 17.4 Å². The molecule has 2 aliphatic heterocycles. The Morgan fingerprint density at radius 1 is 1.24 bits per heavy atom. The number of rotatable bonds is 6. The molecule has 0 amide bonds. The molecule has 0 spiro atoms. The van der Waals surface area contributed by atoms with Crippen LogP contribution >= 0.6 is 0 Å². The van der Waals surface area contributed by atoms with E-state index in [0.29, 0.717) is 12.3 Å². The lowest BCUT2D eigenvalue weighted by atomic mass is 10.1. The number of carbonyl (C=O) groups is 1. The van der Waals surface area contributed by atoms with E-state index in [1.54, 1.807) is 6.07 Å². The average molecular weight is 368 g/mol. The summed E-state index contributed by atoms with van der Waals surface area (Å²) < 4.78 is 33.7. The number of ether oxygens (including phenoxy) is 1. The van der Waals surface area contributed by atoms with E-state index in [0.717, 1.165) is 45.2 Å². The molecule has 8 heteroatoms. The van der Waals surface area contributed by atoms with E-state index < -0.39 is 16.0 Å². The summed E-state index contributed by atoms with van der Waals surface area (Å²) in [6.07, 6.45) is 4.78. The van der Waals surface area contributed by atoms with Crippen LogP contribution < -0.4 is 9.62 Å². The van der Waals surface area contributed by atoms with Crippen molar-refractivity contribution in [3.8, 4) is 0 Å². The molecule has 2 aliphatic rings. The number of carboxylic acid groups (broad SMARTS) is 1. The summed E-state index contributed by atoms with van der Waals surface area (Å²) in [5.41, 5.74) is 0.544. The highest BCUT2D eigenvalue weighted by Gasteiger charge is 2.26. The largest absolute Gasteiger partial charge is 0.478 e. The molecule has 2 fully saturated rings. The van der Waals surface area contributed by atoms with Crippen LogP contribution in [0, 0.1) is 0 Å². The first-order valence-corrected chi connectivity index (χ1v) is 10.2. The van der Waals surface area contributed by atoms with Crippen LogP contribution in [0.5, 0.6) is 0 Å². The Balaban J connectivity index is 1.89. The van der Waals surface area contributed by atoms with Crippen molar-refractivity contribution in [3.05, 3.63) is 23.8 Å². The fraction of sp³-hybridized carbons (Fsp3) is 0.588. The maximum absolute atomic E-state index is 12.8. The lowest BCUT2D eigenvalue weighted by Crippen LogP contribution is -2.35. The molecule has 1 aromatic rings. The van der Waals surface area contributed by atoms with Crippen LogP contribution in [-0.2, 0) is 14.8 Å². The number of piperidine rings is 1. The quantitative estimate of drug-likeness (QED) is 0.795. The number of sulfonamides is 1. The highest BCUT2D eigenvalue weighted by Crippen LogP contribution is 2.29. The molecule has 1 atom stereocenters. The highest BCUT2D eigenvalue weighted by atomic mass is 32.2. The van der Waals surface area contributed by atoms with Gasteiger partial charge in [0.2, 0.25) is 10.0 Å². The van der Waals surface area contributed by atoms with Crippen LogP contribution in [0.1, 0.15) is 42.5 Å². The molecular formula is C17H24N2O5S. The zero-order chi connectivity index (χ0) is 17.9. The monoisotopic (exact) mass is 368 g/mol. The predicted octanol–water partition coefficient (Wildman–Crippen LogP) is 1.83. The maximum atomic E-state index is 12.8. The van der Waals surface area contributed by atoms with Gasteiger partial charge in [-0.15, -0.1) is 0 Å². The topological polar surface area (TPSA) is 95.9 Å². The van der Waals surface area contributed by atoms with Crippen molar-refractivity contribution < 1.29 is 23.1 Å². The van der Waals surface area contributed by atoms with Crippen molar-refractivity contribution >= 4 is 21.7 Å². The van der Waals surface area contributed by atoms with Crippen LogP contribution in [0.25, 0.3) is 0 Å². The molecular weight excluding hydrogens is 344 g/mol. The first kappa shape index (κ1) is 18.2. The summed E-state index contributed by atoms with van der Waals surface area (Å²) in [6, 6.07) is 4.32. The van der Waals surface area contributed by atoms with E-state index in [-0.39, 0.29) is 23.1 Å². The molecule has 0 saturated carbocycles. The molecule has 2 N–H and O–H groups in total. The van der Waals surface area contributed by atoms with Crippen molar-refractivity contribution in [2.75, 3.05) is 31.1 Å². The minimum absolute atomic E-state index is 0.0294. The second-order valence-corrected chi connectivity index (χ2v) is 8.26. The Morgan fingerprint density at radius 2 is 2.00 bits per heavy atom. The number of nitrogens with one attached hydrogen (secondary N) is 1. The summed E-state index contributed by atoms with van der Waals surface area (Å²) in [5, 5.41) is 9.23. The second-order valence-electron chi connectivity index (χ2n) is 6.52. The minimum atomic E-state index is -3.82. The molecule has 1 aromatic carbocycles. The van der Waals surface area contributed by atoms with Crippen molar-refractivity contribution in [1.82, 2.24) is 4.72 Å². The van der Waals surface area contributed by atoms with Gasteiger partial charge in [0, 0.05) is 26.2 Å². The summed E-state index contributed by atoms with van der Waals surface area (Å²) in [6.45, 7) is 2.42. The SMILES string of the molecule is O=C(O)c1ccc(N2CCCCC2)c(S(=O)(=O)NC[C@H]2CCCO2)c1. The van der Waals surface area contributed by atoms with Gasteiger partial charge in [0.15, 0.2) is 0 Å². The van der Waals surface area contributed by atoms with Crippen LogP contribution in [0.3, 0.4) is 0 Å². The number of carboxylic acids is 1. The van der Waals surface area contributed by atoms with Gasteiger partial charge >= 0.3 is 5.97 Å². The lowest BCUT2D eigenvalue weighted by molar-refractivity contribution is 0.0696. The Morgan fingerprint density at radius 3 is 2.64 bits per heavy atom. The Labute approximate surface area is 148 Å². The Kier molecular flexibility index (Phi) is 5.61. The first-order chi connectivity index (χ1) is 12.0. The zero-order valence-electron chi connectivity index (χ0n) is 14.1. The molecule has 25 heavy (non-hydrogen) atoms. The molecule has 0 unspecified atom stereocenters. The van der Waals surface area contributed by atoms with E-state index in [2.05, 4.69) is 4.72 Å². The fourth-order valence-corrected chi connectivity index (χ4v) is 4.66. The lowest BCUT2D eigenvalue weighted by Gasteiger charge is -2.30. The van der Waals surface area contributed by atoms with Gasteiger partial charge in [-0.05, 0) is 50.3 Å². The first-order valence-electron chi connectivity index (χ1n) is 8.71. The van der Waals surface area contributed by atoms with Crippen LogP contribution in [0.4, 0.5) is 5.69 Å². The molecule has 0 bridgehead atoms. The number of anilines is 1. The molecule has 7 nitrogen and oxygen atoms in total. The number of nitrogens with zero attached hydrogens (tertiary/aromatic N) is 1. The third kappa shape index (κ3) is 4.31. The summed E-state index contributed by atoms with van der Waals surface area (Å²) in [4.78, 5) is 13.3. The fourth-order valence-electron chi connectivity index (χ4n) is 3.34. The Hall–Kier alpha value is -1.64. The molecule has 2 heterocycles. The smallest absolute Gasteiger partial charge is 0.335 e. The van der Waals surface area contributed by atoms with Crippen molar-refractivity contribution in [2.45, 2.75) is 43.1 Å². The van der Waals surface area contributed by atoms with Gasteiger partial charge in [0.25, 0.3) is 0 Å². The maximum Gasteiger partial charge on any atom is 0.335 e. The second kappa shape index (κ2) is 7.72. The number of hydrogen-bond donors (Lipinski definition) is 2. The van der Waals surface area contributed by atoms with Crippen molar-refractivity contribution in [3.63, 3.8) is 0 Å². The molecule has 2 saturated heterocycles. The van der Waals surface area contributed by atoms with Gasteiger partial charge in [-0.1, -0.05) is 0 Å². The standard InChI is InChI=1S/C17H24N2O5S/c20-17(21)13-6-7-15(19-8-2-1-3-9-19)16(11-13)25(22,23)18-12-14-5-4-10-24-14/h6-7,11,14,18H,1-5,8-10,12H2,(H,20,21)/t14-/m1/s1. The average Bonchev–Trinajstić information content (AvgIpc) is 3.14. The van der Waals surface area contributed by atoms with E-state index in [4.69, 9.17) is 4.74 Å². The summed E-state index contributed by atoms with van der Waals surface area (Å²) >= 11 is 0. The molecule has 0 radical (unpaired) electrons. The Bertz CT molecular complexity index is 723. The number of benzene rings is 1. The third-order valence-electron chi connectivity index (χ3n) is 4.72. The normalized spacial score (nSPS) is 21.4. The third-order valence-corrected chi connectivity index (χ3v) is 6.17. The van der Waals surface area contributed by atoms with Crippen LogP contribution in [0.15, 0.2) is 23.1 Å². The van der Waals surface area contributed by atoms with Crippen molar-refractivity contribution in [1.29, 1.82) is 0 Å². The van der Waals surface area contributed by atoms with Gasteiger partial charge in [-0.2, -0.15) is 0 Å². The van der Waals surface area contributed by atoms with E-state index >= 15 is 0 Å². The summed E-state index contributed by atoms with van der Waals surface area (Å²) in [5.74, 6) is -1.14. The molecule has 138 valence electrons. The zero-order valence-corrected chi connectivity index (χ0v) is 14.9. The van der Waals surface area contributed by atoms with E-state index in [1.807, 2.05) is 4.90 Å². The van der Waals surface area contributed by atoms with E-state index in [9.17, 15) is 18.3 Å². The highest BCUT2D eigenvalue weighted by molar-refractivity contribution is 7.89. The summed E-state index contributed by atoms with van der Waals surface area (Å²) in [7, 11) is -3.82. The van der Waals surface area contributed by atoms with Crippen LogP contribution in [0.2, 0.25) is 0 Å². The van der Waals surface area contributed by atoms with Gasteiger partial charge in [-0.25, -0.2) is 17.9 Å². The molecule has 0 aliphatic carbocycles. The van der Waals surface area contributed by atoms with E-state index in [1.165, 1.54) is 12.1 Å². The molecule has 3 rings (SSSR count).